The molecule has 2 amide bonds. The number of nitrogens with zero attached hydrogens (tertiary/aromatic N) is 3. The number of nitrogens with one attached hydrogen (secondary N) is 3. The molecule has 0 bridgehead atoms. The van der Waals surface area contributed by atoms with Gasteiger partial charge in [-0.3, -0.25) is 4.79 Å². The van der Waals surface area contributed by atoms with Crippen LogP contribution in [0.2, 0.25) is 10.0 Å². The van der Waals surface area contributed by atoms with Crippen LogP contribution in [0.4, 0.5) is 16.2 Å². The summed E-state index contributed by atoms with van der Waals surface area (Å²) < 4.78 is 16.5. The molecule has 0 radical (unpaired) electrons. The van der Waals surface area contributed by atoms with Crippen molar-refractivity contribution in [2.45, 2.75) is 39.3 Å². The van der Waals surface area contributed by atoms with Crippen molar-refractivity contribution in [1.29, 1.82) is 0 Å². The summed E-state index contributed by atoms with van der Waals surface area (Å²) in [5, 5.41) is 14.5. The normalized spacial score (nSPS) is 12.2. The lowest BCUT2D eigenvalue weighted by molar-refractivity contribution is -0.132. The van der Waals surface area contributed by atoms with Gasteiger partial charge in [0.2, 0.25) is 5.91 Å². The molecule has 1 unspecified atom stereocenters. The highest BCUT2D eigenvalue weighted by molar-refractivity contribution is 6.32. The summed E-state index contributed by atoms with van der Waals surface area (Å²) in [5.74, 6) is 1.11. The van der Waals surface area contributed by atoms with Crippen molar-refractivity contribution in [3.05, 3.63) is 82.8 Å². The highest BCUT2D eigenvalue weighted by atomic mass is 35.5. The van der Waals surface area contributed by atoms with Crippen molar-refractivity contribution >= 4 is 90.2 Å². The Balaban J connectivity index is 1.28. The molecule has 0 saturated carbocycles. The molecule has 13 heteroatoms. The molecule has 2 aromatic heterocycles. The fourth-order valence-electron chi connectivity index (χ4n) is 6.21. The number of aromatic nitrogens is 2. The van der Waals surface area contributed by atoms with Gasteiger partial charge in [0.25, 0.3) is 0 Å². The van der Waals surface area contributed by atoms with Crippen LogP contribution < -0.4 is 25.4 Å². The van der Waals surface area contributed by atoms with Crippen molar-refractivity contribution in [2.24, 2.45) is 0 Å². The van der Waals surface area contributed by atoms with Crippen LogP contribution in [0, 0.1) is 0 Å². The molecule has 0 spiro atoms. The number of pyridine rings is 2. The fraction of sp³-hybridized carbons (Fsp3) is 0.300. The van der Waals surface area contributed by atoms with Crippen molar-refractivity contribution < 1.29 is 23.8 Å². The van der Waals surface area contributed by atoms with Gasteiger partial charge in [-0.25, -0.2) is 14.8 Å². The summed E-state index contributed by atoms with van der Waals surface area (Å²) in [6.07, 6.45) is -0.667. The summed E-state index contributed by atoms with van der Waals surface area (Å²) in [4.78, 5) is 38.1. The van der Waals surface area contributed by atoms with E-state index in [1.165, 1.54) is 0 Å². The number of benzene rings is 4. The average molecular weight is 758 g/mol. The van der Waals surface area contributed by atoms with Crippen LogP contribution in [-0.2, 0) is 9.53 Å². The molecule has 3 N–H and O–H groups in total. The second-order valence-electron chi connectivity index (χ2n) is 13.6. The largest absolute Gasteiger partial charge is 0.497 e. The highest BCUT2D eigenvalue weighted by Crippen LogP contribution is 2.35. The van der Waals surface area contributed by atoms with Crippen LogP contribution in [0.25, 0.3) is 43.6 Å². The molecule has 2 heterocycles. The first-order chi connectivity index (χ1) is 25.3. The number of alkyl carbamates (subject to hydrolysis) is 1. The van der Waals surface area contributed by atoms with Crippen LogP contribution in [0.5, 0.6) is 11.5 Å². The summed E-state index contributed by atoms with van der Waals surface area (Å²) in [6.45, 7) is 8.36. The van der Waals surface area contributed by atoms with Gasteiger partial charge in [0.1, 0.15) is 23.1 Å². The number of hydrogen-bond donors (Lipinski definition) is 3. The maximum Gasteiger partial charge on any atom is 0.408 e. The quantitative estimate of drug-likeness (QED) is 0.105. The van der Waals surface area contributed by atoms with Gasteiger partial charge in [-0.1, -0.05) is 23.2 Å². The van der Waals surface area contributed by atoms with E-state index in [2.05, 4.69) is 16.0 Å². The Labute approximate surface area is 317 Å². The van der Waals surface area contributed by atoms with Gasteiger partial charge < -0.3 is 35.1 Å². The molecule has 0 saturated heterocycles. The van der Waals surface area contributed by atoms with Crippen molar-refractivity contribution in [3.63, 3.8) is 0 Å². The summed E-state index contributed by atoms with van der Waals surface area (Å²) >= 11 is 12.7. The Morgan fingerprint density at radius 1 is 0.698 bits per heavy atom. The van der Waals surface area contributed by atoms with Gasteiger partial charge in [0.05, 0.1) is 47.7 Å². The van der Waals surface area contributed by atoms with Crippen LogP contribution in [0.3, 0.4) is 0 Å². The predicted molar refractivity (Wildman–Crippen MR) is 214 cm³/mol. The summed E-state index contributed by atoms with van der Waals surface area (Å²) in [7, 11) is 3.24. The summed E-state index contributed by atoms with van der Waals surface area (Å²) in [5.41, 5.74) is 3.98. The van der Waals surface area contributed by atoms with Crippen molar-refractivity contribution in [1.82, 2.24) is 20.2 Å². The molecule has 0 fully saturated rings. The molecule has 11 nitrogen and oxygen atoms in total. The lowest BCUT2D eigenvalue weighted by Crippen LogP contribution is -2.50. The molecule has 0 aliphatic heterocycles. The molecule has 4 aromatic carbocycles. The van der Waals surface area contributed by atoms with E-state index in [0.29, 0.717) is 47.7 Å². The van der Waals surface area contributed by atoms with Gasteiger partial charge in [0.15, 0.2) is 0 Å². The number of halogens is 2. The Bertz CT molecular complexity index is 2190. The first-order valence-corrected chi connectivity index (χ1v) is 18.0. The highest BCUT2D eigenvalue weighted by Gasteiger charge is 2.25. The third-order valence-electron chi connectivity index (χ3n) is 8.67. The second-order valence-corrected chi connectivity index (χ2v) is 14.5. The van der Waals surface area contributed by atoms with Crippen LogP contribution in [0.1, 0.15) is 27.7 Å². The monoisotopic (exact) mass is 756 g/mol. The molecule has 53 heavy (non-hydrogen) atoms. The van der Waals surface area contributed by atoms with E-state index in [-0.39, 0.29) is 5.91 Å². The van der Waals surface area contributed by atoms with E-state index in [1.54, 1.807) is 46.8 Å². The zero-order chi connectivity index (χ0) is 37.9. The molecule has 276 valence electrons. The van der Waals surface area contributed by atoms with Crippen molar-refractivity contribution in [2.75, 3.05) is 51.0 Å². The molecular formula is C40H42Cl2N6O5. The fourth-order valence-corrected chi connectivity index (χ4v) is 6.54. The Morgan fingerprint density at radius 2 is 1.17 bits per heavy atom. The minimum Gasteiger partial charge on any atom is -0.497 e. The molecule has 0 aliphatic rings. The topological polar surface area (TPSA) is 127 Å². The van der Waals surface area contributed by atoms with E-state index in [0.717, 1.165) is 55.0 Å². The number of methoxy groups -OCH3 is 2. The number of anilines is 2. The van der Waals surface area contributed by atoms with E-state index < -0.39 is 17.7 Å². The number of ether oxygens (including phenoxy) is 3. The van der Waals surface area contributed by atoms with Gasteiger partial charge in [-0.2, -0.15) is 0 Å². The lowest BCUT2D eigenvalue weighted by Gasteiger charge is -2.28. The SMILES string of the molecule is COc1ccc2nc3cc(Cl)ccc3c(NCCN(CCNc3c4ccc(Cl)cc4nc4ccc(OC)cc34)C(=O)C(C)NC(=O)OC(C)(C)C)c2c1. The van der Waals surface area contributed by atoms with Gasteiger partial charge >= 0.3 is 6.09 Å². The number of hydrogen-bond acceptors (Lipinski definition) is 9. The van der Waals surface area contributed by atoms with Crippen LogP contribution in [0.15, 0.2) is 72.8 Å². The van der Waals surface area contributed by atoms with E-state index >= 15 is 0 Å². The first kappa shape index (κ1) is 37.5. The first-order valence-electron chi connectivity index (χ1n) is 17.2. The minimum atomic E-state index is -0.854. The number of carbonyl (C=O) groups excluding carboxylic acids is 2. The predicted octanol–water partition coefficient (Wildman–Crippen LogP) is 8.68. The number of amides is 2. The molecule has 1 atom stereocenters. The second kappa shape index (κ2) is 15.8. The standard InChI is InChI=1S/C40H42Cl2N6O5/c1-23(45-39(50)53-40(2,3)4)38(49)48(17-15-43-36-28-11-7-24(41)19-34(28)46-32-13-9-26(51-5)21-30(32)36)18-16-44-37-29-12-8-25(42)20-35(29)47-33-14-10-27(52-6)22-31(33)37/h7-14,19-23H,15-18H2,1-6H3,(H,43,46)(H,44,47)(H,45,50). The van der Waals surface area contributed by atoms with E-state index in [9.17, 15) is 9.59 Å². The lowest BCUT2D eigenvalue weighted by atomic mass is 10.1. The van der Waals surface area contributed by atoms with Gasteiger partial charge in [-0.05, 0) is 100 Å². The van der Waals surface area contributed by atoms with Crippen LogP contribution >= 0.6 is 23.2 Å². The Hall–Kier alpha value is -5.26. The zero-order valence-corrected chi connectivity index (χ0v) is 32.0. The maximum atomic E-state index is 14.0. The smallest absolute Gasteiger partial charge is 0.408 e. The molecular weight excluding hydrogens is 715 g/mol. The third kappa shape index (κ3) is 8.69. The number of carbonyl (C=O) groups is 2. The average Bonchev–Trinajstić information content (AvgIpc) is 3.11. The Morgan fingerprint density at radius 3 is 1.60 bits per heavy atom. The molecule has 0 aliphatic carbocycles. The summed E-state index contributed by atoms with van der Waals surface area (Å²) in [6, 6.07) is 21.7. The van der Waals surface area contributed by atoms with Gasteiger partial charge in [0, 0.05) is 57.8 Å². The van der Waals surface area contributed by atoms with E-state index in [4.69, 9.17) is 47.4 Å². The van der Waals surface area contributed by atoms with Gasteiger partial charge in [-0.15, -0.1) is 0 Å². The minimum absolute atomic E-state index is 0.268. The third-order valence-corrected chi connectivity index (χ3v) is 9.14. The van der Waals surface area contributed by atoms with E-state index in [1.807, 2.05) is 72.8 Å². The van der Waals surface area contributed by atoms with Crippen LogP contribution in [-0.4, -0.2) is 78.9 Å². The maximum absolute atomic E-state index is 14.0. The molecule has 6 rings (SSSR count). The number of fused-ring (bicyclic) bond motifs is 4. The molecule has 6 aromatic rings. The number of rotatable bonds is 12. The zero-order valence-electron chi connectivity index (χ0n) is 30.5. The van der Waals surface area contributed by atoms with Crippen molar-refractivity contribution in [3.8, 4) is 11.5 Å². The Kier molecular flexibility index (Phi) is 11.2.